The predicted octanol–water partition coefficient (Wildman–Crippen LogP) is -0.803. The lowest BCUT2D eigenvalue weighted by molar-refractivity contribution is -0.139. The van der Waals surface area contributed by atoms with E-state index in [-0.39, 0.29) is 6.04 Å². The number of carbonyl (C=O) groups is 1. The second-order valence-electron chi connectivity index (χ2n) is 5.82. The first kappa shape index (κ1) is 12.4. The number of nitrogens with one attached hydrogen (secondary N) is 1. The fourth-order valence-electron chi connectivity index (χ4n) is 3.48. The number of hydrogen-bond acceptors (Lipinski definition) is 4. The van der Waals surface area contributed by atoms with Crippen molar-refractivity contribution < 1.29 is 4.79 Å². The van der Waals surface area contributed by atoms with Gasteiger partial charge in [-0.1, -0.05) is 0 Å². The summed E-state index contributed by atoms with van der Waals surface area (Å²) in [7, 11) is 2.06. The SMILES string of the molecule is CN1CCNCC1C(=O)N1CCN2CCCC2C1. The average Bonchev–Trinajstić information content (AvgIpc) is 2.85. The Morgan fingerprint density at radius 3 is 2.94 bits per heavy atom. The Bertz CT molecular complexity index is 322. The first-order valence-corrected chi connectivity index (χ1v) is 7.19. The molecule has 3 aliphatic rings. The van der Waals surface area contributed by atoms with Gasteiger partial charge in [0.05, 0.1) is 0 Å². The van der Waals surface area contributed by atoms with Gasteiger partial charge in [-0.25, -0.2) is 0 Å². The van der Waals surface area contributed by atoms with Crippen molar-refractivity contribution >= 4 is 5.91 Å². The molecule has 5 heteroatoms. The first-order valence-electron chi connectivity index (χ1n) is 7.19. The molecule has 3 aliphatic heterocycles. The Kier molecular flexibility index (Phi) is 3.54. The van der Waals surface area contributed by atoms with Crippen LogP contribution >= 0.6 is 0 Å². The van der Waals surface area contributed by atoms with Gasteiger partial charge in [-0.2, -0.15) is 0 Å². The fraction of sp³-hybridized carbons (Fsp3) is 0.923. The van der Waals surface area contributed by atoms with Crippen molar-refractivity contribution in [1.82, 2.24) is 20.0 Å². The highest BCUT2D eigenvalue weighted by atomic mass is 16.2. The second kappa shape index (κ2) is 5.15. The van der Waals surface area contributed by atoms with Crippen molar-refractivity contribution in [3.05, 3.63) is 0 Å². The normalized spacial score (nSPS) is 34.6. The minimum absolute atomic E-state index is 0.0479. The highest BCUT2D eigenvalue weighted by Crippen LogP contribution is 2.22. The summed E-state index contributed by atoms with van der Waals surface area (Å²) in [6, 6.07) is 0.677. The summed E-state index contributed by atoms with van der Waals surface area (Å²) >= 11 is 0. The first-order chi connectivity index (χ1) is 8.75. The van der Waals surface area contributed by atoms with Gasteiger partial charge in [0, 0.05) is 45.3 Å². The number of rotatable bonds is 1. The van der Waals surface area contributed by atoms with Gasteiger partial charge in [0.1, 0.15) is 6.04 Å². The Morgan fingerprint density at radius 2 is 2.11 bits per heavy atom. The van der Waals surface area contributed by atoms with Crippen LogP contribution in [0.3, 0.4) is 0 Å². The lowest BCUT2D eigenvalue weighted by atomic mass is 10.1. The van der Waals surface area contributed by atoms with Crippen molar-refractivity contribution in [1.29, 1.82) is 0 Å². The van der Waals surface area contributed by atoms with Crippen LogP contribution in [0.15, 0.2) is 0 Å². The molecule has 1 N–H and O–H groups in total. The van der Waals surface area contributed by atoms with E-state index >= 15 is 0 Å². The molecule has 2 atom stereocenters. The number of amides is 1. The molecule has 3 fully saturated rings. The van der Waals surface area contributed by atoms with E-state index in [1.54, 1.807) is 0 Å². The number of likely N-dealkylation sites (N-methyl/N-ethyl adjacent to an activating group) is 1. The molecule has 3 heterocycles. The molecule has 5 nitrogen and oxygen atoms in total. The molecule has 0 aromatic rings. The maximum Gasteiger partial charge on any atom is 0.241 e. The summed E-state index contributed by atoms with van der Waals surface area (Å²) in [4.78, 5) is 19.4. The van der Waals surface area contributed by atoms with E-state index in [1.807, 2.05) is 0 Å². The minimum atomic E-state index is 0.0479. The fourth-order valence-corrected chi connectivity index (χ4v) is 3.48. The topological polar surface area (TPSA) is 38.8 Å². The molecule has 0 bridgehead atoms. The third-order valence-electron chi connectivity index (χ3n) is 4.70. The molecule has 0 spiro atoms. The summed E-state index contributed by atoms with van der Waals surface area (Å²) < 4.78 is 0. The molecular weight excluding hydrogens is 228 g/mol. The van der Waals surface area contributed by atoms with Crippen LogP contribution in [0.1, 0.15) is 12.8 Å². The third-order valence-corrected chi connectivity index (χ3v) is 4.70. The second-order valence-corrected chi connectivity index (χ2v) is 5.82. The van der Waals surface area contributed by atoms with Crippen LogP contribution in [-0.4, -0.2) is 85.6 Å². The molecule has 102 valence electrons. The standard InChI is InChI=1S/C13H24N4O/c1-15-6-4-14-9-12(15)13(18)17-8-7-16-5-2-3-11(16)10-17/h11-12,14H,2-10H2,1H3. The monoisotopic (exact) mass is 252 g/mol. The molecule has 1 amide bonds. The van der Waals surface area contributed by atoms with Crippen molar-refractivity contribution in [3.63, 3.8) is 0 Å². The van der Waals surface area contributed by atoms with E-state index in [9.17, 15) is 4.79 Å². The van der Waals surface area contributed by atoms with Crippen LogP contribution in [0.5, 0.6) is 0 Å². The molecule has 0 aliphatic carbocycles. The molecular formula is C13H24N4O. The van der Waals surface area contributed by atoms with E-state index in [2.05, 4.69) is 27.1 Å². The van der Waals surface area contributed by atoms with Gasteiger partial charge in [0.2, 0.25) is 5.91 Å². The van der Waals surface area contributed by atoms with E-state index in [0.717, 1.165) is 39.3 Å². The van der Waals surface area contributed by atoms with Crippen LogP contribution in [0, 0.1) is 0 Å². The van der Waals surface area contributed by atoms with E-state index < -0.39 is 0 Å². The Morgan fingerprint density at radius 1 is 1.22 bits per heavy atom. The van der Waals surface area contributed by atoms with Gasteiger partial charge in [-0.3, -0.25) is 14.6 Å². The molecule has 2 unspecified atom stereocenters. The highest BCUT2D eigenvalue weighted by Gasteiger charge is 2.36. The Labute approximate surface area is 109 Å². The lowest BCUT2D eigenvalue weighted by Crippen LogP contribution is -2.61. The van der Waals surface area contributed by atoms with Crippen molar-refractivity contribution in [3.8, 4) is 0 Å². The summed E-state index contributed by atoms with van der Waals surface area (Å²) in [5, 5.41) is 3.33. The van der Waals surface area contributed by atoms with Crippen molar-refractivity contribution in [2.24, 2.45) is 0 Å². The lowest BCUT2D eigenvalue weighted by Gasteiger charge is -2.41. The molecule has 3 rings (SSSR count). The summed E-state index contributed by atoms with van der Waals surface area (Å²) in [5.41, 5.74) is 0. The van der Waals surface area contributed by atoms with Gasteiger partial charge < -0.3 is 10.2 Å². The molecule has 0 radical (unpaired) electrons. The van der Waals surface area contributed by atoms with Gasteiger partial charge >= 0.3 is 0 Å². The molecule has 0 aromatic carbocycles. The van der Waals surface area contributed by atoms with Crippen LogP contribution < -0.4 is 5.32 Å². The smallest absolute Gasteiger partial charge is 0.241 e. The van der Waals surface area contributed by atoms with Crippen LogP contribution in [0.2, 0.25) is 0 Å². The van der Waals surface area contributed by atoms with Crippen LogP contribution in [-0.2, 0) is 4.79 Å². The largest absolute Gasteiger partial charge is 0.338 e. The maximum atomic E-state index is 12.6. The number of fused-ring (bicyclic) bond motifs is 1. The number of nitrogens with zero attached hydrogens (tertiary/aromatic N) is 3. The third kappa shape index (κ3) is 2.27. The summed E-state index contributed by atoms with van der Waals surface area (Å²) in [6.45, 7) is 6.94. The Hall–Kier alpha value is -0.650. The maximum absolute atomic E-state index is 12.6. The van der Waals surface area contributed by atoms with Gasteiger partial charge in [-0.15, -0.1) is 0 Å². The van der Waals surface area contributed by atoms with Gasteiger partial charge in [0.15, 0.2) is 0 Å². The van der Waals surface area contributed by atoms with Gasteiger partial charge in [0.25, 0.3) is 0 Å². The summed E-state index contributed by atoms with van der Waals surface area (Å²) in [5.74, 6) is 0.330. The molecule has 18 heavy (non-hydrogen) atoms. The van der Waals surface area contributed by atoms with Crippen LogP contribution in [0.25, 0.3) is 0 Å². The number of carbonyl (C=O) groups excluding carboxylic acids is 1. The minimum Gasteiger partial charge on any atom is -0.338 e. The number of hydrogen-bond donors (Lipinski definition) is 1. The quantitative estimate of drug-likeness (QED) is 0.663. The average molecular weight is 252 g/mol. The summed E-state index contributed by atoms with van der Waals surface area (Å²) in [6.07, 6.45) is 2.57. The van der Waals surface area contributed by atoms with Crippen molar-refractivity contribution in [2.75, 3.05) is 52.9 Å². The van der Waals surface area contributed by atoms with E-state index in [4.69, 9.17) is 0 Å². The highest BCUT2D eigenvalue weighted by molar-refractivity contribution is 5.82. The predicted molar refractivity (Wildman–Crippen MR) is 70.5 cm³/mol. The zero-order chi connectivity index (χ0) is 12.5. The zero-order valence-electron chi connectivity index (χ0n) is 11.3. The zero-order valence-corrected chi connectivity index (χ0v) is 11.3. The van der Waals surface area contributed by atoms with E-state index in [0.29, 0.717) is 11.9 Å². The van der Waals surface area contributed by atoms with Crippen molar-refractivity contribution in [2.45, 2.75) is 24.9 Å². The van der Waals surface area contributed by atoms with Crippen LogP contribution in [0.4, 0.5) is 0 Å². The van der Waals surface area contributed by atoms with E-state index in [1.165, 1.54) is 19.4 Å². The van der Waals surface area contributed by atoms with Gasteiger partial charge in [-0.05, 0) is 26.4 Å². The molecule has 3 saturated heterocycles. The molecule has 0 aromatic heterocycles. The molecule has 0 saturated carbocycles. The number of piperazine rings is 2. The Balaban J connectivity index is 1.62.